The second-order valence-electron chi connectivity index (χ2n) is 12.0. The molecule has 7 aromatic carbocycles. The summed E-state index contributed by atoms with van der Waals surface area (Å²) in [5.74, 6) is 0. The lowest BCUT2D eigenvalue weighted by Crippen LogP contribution is -1.97. The first kappa shape index (κ1) is 27.4. The molecular formula is C44H26N4. The molecule has 0 saturated heterocycles. The normalized spacial score (nSPS) is 11.3. The summed E-state index contributed by atoms with van der Waals surface area (Å²) in [7, 11) is 0. The van der Waals surface area contributed by atoms with Crippen molar-refractivity contribution in [3.8, 4) is 45.8 Å². The average Bonchev–Trinajstić information content (AvgIpc) is 3.67. The third-order valence-electron chi connectivity index (χ3n) is 9.36. The molecule has 0 radical (unpaired) electrons. The summed E-state index contributed by atoms with van der Waals surface area (Å²) in [6.45, 7) is 0. The zero-order valence-corrected chi connectivity index (χ0v) is 25.8. The fraction of sp³-hybridized carbons (Fsp3) is 0. The predicted octanol–water partition coefficient (Wildman–Crippen LogP) is 11.0. The third kappa shape index (κ3) is 4.22. The molecule has 0 amide bonds. The Morgan fingerprint density at radius 1 is 0.375 bits per heavy atom. The number of benzene rings is 7. The van der Waals surface area contributed by atoms with Gasteiger partial charge in [0.05, 0.1) is 51.0 Å². The van der Waals surface area contributed by atoms with Crippen LogP contribution in [0.15, 0.2) is 158 Å². The van der Waals surface area contributed by atoms with Crippen LogP contribution in [0.1, 0.15) is 11.1 Å². The van der Waals surface area contributed by atoms with Gasteiger partial charge in [0.2, 0.25) is 0 Å². The molecule has 0 spiro atoms. The van der Waals surface area contributed by atoms with Crippen molar-refractivity contribution in [3.05, 3.63) is 169 Å². The molecule has 222 valence electrons. The number of fused-ring (bicyclic) bond motifs is 6. The van der Waals surface area contributed by atoms with Gasteiger partial charge in [-0.1, -0.05) is 97.1 Å². The minimum absolute atomic E-state index is 0.586. The lowest BCUT2D eigenvalue weighted by Gasteiger charge is -2.15. The highest BCUT2D eigenvalue weighted by Crippen LogP contribution is 2.38. The Kier molecular flexibility index (Phi) is 6.22. The Hall–Kier alpha value is -6.88. The molecule has 0 aliphatic rings. The zero-order valence-electron chi connectivity index (χ0n) is 25.8. The van der Waals surface area contributed by atoms with Crippen LogP contribution in [0.4, 0.5) is 0 Å². The van der Waals surface area contributed by atoms with E-state index in [-0.39, 0.29) is 0 Å². The summed E-state index contributed by atoms with van der Waals surface area (Å²) in [5.41, 5.74) is 11.9. The molecule has 0 aliphatic carbocycles. The van der Waals surface area contributed by atoms with Crippen molar-refractivity contribution in [3.63, 3.8) is 0 Å². The van der Waals surface area contributed by atoms with E-state index in [1.54, 1.807) is 0 Å². The Bertz CT molecular complexity index is 2750. The second-order valence-corrected chi connectivity index (χ2v) is 12.0. The van der Waals surface area contributed by atoms with E-state index in [1.165, 1.54) is 21.8 Å². The number of nitrogens with zero attached hydrogens (tertiary/aromatic N) is 4. The Balaban J connectivity index is 1.17. The molecule has 2 aromatic heterocycles. The highest BCUT2D eigenvalue weighted by Gasteiger charge is 2.17. The molecule has 0 fully saturated rings. The minimum atomic E-state index is 0.586. The summed E-state index contributed by atoms with van der Waals surface area (Å²) >= 11 is 0. The van der Waals surface area contributed by atoms with Gasteiger partial charge in [0, 0.05) is 32.8 Å². The first-order valence-electron chi connectivity index (χ1n) is 15.9. The van der Waals surface area contributed by atoms with Crippen molar-refractivity contribution in [2.45, 2.75) is 0 Å². The van der Waals surface area contributed by atoms with Gasteiger partial charge in [-0.2, -0.15) is 10.5 Å². The van der Waals surface area contributed by atoms with Crippen molar-refractivity contribution < 1.29 is 0 Å². The molecule has 0 unspecified atom stereocenters. The Morgan fingerprint density at radius 3 is 1.58 bits per heavy atom. The van der Waals surface area contributed by atoms with Crippen LogP contribution >= 0.6 is 0 Å². The highest BCUT2D eigenvalue weighted by molar-refractivity contribution is 6.10. The fourth-order valence-corrected chi connectivity index (χ4v) is 7.23. The van der Waals surface area contributed by atoms with Crippen molar-refractivity contribution in [2.24, 2.45) is 0 Å². The number of hydrogen-bond acceptors (Lipinski definition) is 2. The highest BCUT2D eigenvalue weighted by atomic mass is 15.0. The second kappa shape index (κ2) is 10.9. The largest absolute Gasteiger partial charge is 0.309 e. The molecule has 48 heavy (non-hydrogen) atoms. The van der Waals surface area contributed by atoms with Gasteiger partial charge in [-0.05, 0) is 77.4 Å². The quantitative estimate of drug-likeness (QED) is 0.199. The maximum atomic E-state index is 10.1. The minimum Gasteiger partial charge on any atom is -0.309 e. The molecule has 0 bridgehead atoms. The van der Waals surface area contributed by atoms with Crippen LogP contribution < -0.4 is 0 Å². The van der Waals surface area contributed by atoms with Crippen LogP contribution in [0.3, 0.4) is 0 Å². The maximum absolute atomic E-state index is 10.1. The van der Waals surface area contributed by atoms with Gasteiger partial charge in [0.15, 0.2) is 0 Å². The van der Waals surface area contributed by atoms with E-state index in [2.05, 4.69) is 137 Å². The van der Waals surface area contributed by atoms with Gasteiger partial charge in [-0.15, -0.1) is 0 Å². The van der Waals surface area contributed by atoms with Crippen LogP contribution in [0, 0.1) is 22.7 Å². The smallest absolute Gasteiger partial charge is 0.0992 e. The molecule has 0 atom stereocenters. The van der Waals surface area contributed by atoms with Gasteiger partial charge in [-0.3, -0.25) is 0 Å². The summed E-state index contributed by atoms with van der Waals surface area (Å²) in [5, 5.41) is 24.2. The molecule has 0 aliphatic heterocycles. The third-order valence-corrected chi connectivity index (χ3v) is 9.36. The number of para-hydroxylation sites is 4. The number of aromatic nitrogens is 2. The van der Waals surface area contributed by atoms with Crippen molar-refractivity contribution in [1.29, 1.82) is 10.5 Å². The molecule has 2 heterocycles. The molecule has 4 nitrogen and oxygen atoms in total. The van der Waals surface area contributed by atoms with Gasteiger partial charge < -0.3 is 9.13 Å². The van der Waals surface area contributed by atoms with Crippen molar-refractivity contribution in [1.82, 2.24) is 9.13 Å². The predicted molar refractivity (Wildman–Crippen MR) is 195 cm³/mol. The van der Waals surface area contributed by atoms with Crippen LogP contribution in [-0.4, -0.2) is 9.13 Å². The van der Waals surface area contributed by atoms with Gasteiger partial charge in [-0.25, -0.2) is 0 Å². The van der Waals surface area contributed by atoms with E-state index in [0.29, 0.717) is 11.1 Å². The molecule has 0 N–H and O–H groups in total. The topological polar surface area (TPSA) is 57.4 Å². The first-order chi connectivity index (χ1) is 23.7. The van der Waals surface area contributed by atoms with E-state index < -0.39 is 0 Å². The fourth-order valence-electron chi connectivity index (χ4n) is 7.23. The van der Waals surface area contributed by atoms with Gasteiger partial charge in [0.25, 0.3) is 0 Å². The van der Waals surface area contributed by atoms with Crippen LogP contribution in [0.25, 0.3) is 77.2 Å². The average molecular weight is 611 g/mol. The van der Waals surface area contributed by atoms with E-state index in [0.717, 1.165) is 55.4 Å². The lowest BCUT2D eigenvalue weighted by atomic mass is 9.97. The summed E-state index contributed by atoms with van der Waals surface area (Å²) < 4.78 is 4.55. The number of nitriles is 2. The molecule has 9 rings (SSSR count). The number of hydrogen-bond donors (Lipinski definition) is 0. The van der Waals surface area contributed by atoms with E-state index >= 15 is 0 Å². The zero-order chi connectivity index (χ0) is 32.2. The Labute approximate surface area is 277 Å². The molecular weight excluding hydrogens is 585 g/mol. The van der Waals surface area contributed by atoms with Crippen LogP contribution in [0.5, 0.6) is 0 Å². The lowest BCUT2D eigenvalue weighted by molar-refractivity contribution is 1.18. The van der Waals surface area contributed by atoms with E-state index in [9.17, 15) is 10.5 Å². The van der Waals surface area contributed by atoms with Gasteiger partial charge in [0.1, 0.15) is 0 Å². The van der Waals surface area contributed by atoms with Crippen LogP contribution in [-0.2, 0) is 0 Å². The monoisotopic (exact) mass is 610 g/mol. The molecule has 4 heteroatoms. The molecule has 0 saturated carbocycles. The molecule has 9 aromatic rings. The standard InChI is InChI=1S/C44H26N4/c45-27-29-17-22-44-39(25-29)38-12-4-6-14-41(38)47(44)34-24-30(28-46)23-33(26-34)31-18-20-32(21-19-31)35-9-1-5-13-40(35)48-42-15-7-2-10-36(42)37-11-3-8-16-43(37)48/h1-26H. The maximum Gasteiger partial charge on any atom is 0.0992 e. The van der Waals surface area contributed by atoms with E-state index in [1.807, 2.05) is 42.5 Å². The van der Waals surface area contributed by atoms with Gasteiger partial charge >= 0.3 is 0 Å². The summed E-state index contributed by atoms with van der Waals surface area (Å²) in [4.78, 5) is 0. The van der Waals surface area contributed by atoms with Crippen molar-refractivity contribution >= 4 is 43.6 Å². The summed E-state index contributed by atoms with van der Waals surface area (Å²) in [6.07, 6.45) is 0. The Morgan fingerprint density at radius 2 is 0.917 bits per heavy atom. The SMILES string of the molecule is N#Cc1cc(-c2ccc(-c3ccccc3-n3c4ccccc4c4ccccc43)cc2)cc(-n2c3ccccc3c3cc(C#N)ccc32)c1. The van der Waals surface area contributed by atoms with Crippen LogP contribution in [0.2, 0.25) is 0 Å². The number of rotatable bonds is 4. The van der Waals surface area contributed by atoms with E-state index in [4.69, 9.17) is 0 Å². The van der Waals surface area contributed by atoms with Crippen molar-refractivity contribution in [2.75, 3.05) is 0 Å². The first-order valence-corrected chi connectivity index (χ1v) is 15.9. The summed E-state index contributed by atoms with van der Waals surface area (Å²) in [6, 6.07) is 59.0.